The van der Waals surface area contributed by atoms with E-state index >= 15 is 0 Å². The summed E-state index contributed by atoms with van der Waals surface area (Å²) in [4.78, 5) is 11.6. The van der Waals surface area contributed by atoms with E-state index in [0.717, 1.165) is 58.4 Å². The van der Waals surface area contributed by atoms with E-state index in [2.05, 4.69) is 15.2 Å². The van der Waals surface area contributed by atoms with Gasteiger partial charge in [-0.25, -0.2) is 4.98 Å². The van der Waals surface area contributed by atoms with Crippen molar-refractivity contribution in [1.29, 1.82) is 0 Å². The first-order valence-corrected chi connectivity index (χ1v) is 11.8. The van der Waals surface area contributed by atoms with Crippen molar-refractivity contribution in [2.75, 3.05) is 50.4 Å². The highest BCUT2D eigenvalue weighted by Gasteiger charge is 2.15. The lowest BCUT2D eigenvalue weighted by atomic mass is 10.2. The van der Waals surface area contributed by atoms with Crippen LogP contribution in [-0.4, -0.2) is 50.2 Å². The van der Waals surface area contributed by atoms with Gasteiger partial charge in [-0.3, -0.25) is 4.98 Å². The second-order valence-electron chi connectivity index (χ2n) is 8.50. The highest BCUT2D eigenvalue weighted by atomic mass is 16.7. The standard InChI is InChI=1S/C27H26N4O5/c1-32-25-14-20(4-7-23(25)34-16-18-2-6-24-26(12-18)36-17-35-24)29-19-3-5-21-22(13-19)30-27(15-28-21)31-8-10-33-11-9-31/h2-7,12-15,29H,8-11,16-17H2,1H3. The van der Waals surface area contributed by atoms with Gasteiger partial charge >= 0.3 is 0 Å². The largest absolute Gasteiger partial charge is 0.493 e. The number of benzene rings is 3. The van der Waals surface area contributed by atoms with E-state index in [4.69, 9.17) is 28.7 Å². The molecule has 2 aliphatic heterocycles. The Labute approximate surface area is 208 Å². The van der Waals surface area contributed by atoms with Crippen LogP contribution >= 0.6 is 0 Å². The van der Waals surface area contributed by atoms with E-state index in [1.807, 2.05) is 60.8 Å². The average Bonchev–Trinajstić information content (AvgIpc) is 3.40. The maximum atomic E-state index is 6.03. The van der Waals surface area contributed by atoms with Crippen molar-refractivity contribution < 1.29 is 23.7 Å². The number of anilines is 3. The summed E-state index contributed by atoms with van der Waals surface area (Å²) >= 11 is 0. The number of ether oxygens (including phenoxy) is 5. The number of fused-ring (bicyclic) bond motifs is 2. The number of methoxy groups -OCH3 is 1. The third-order valence-corrected chi connectivity index (χ3v) is 6.15. The quantitative estimate of drug-likeness (QED) is 0.405. The zero-order chi connectivity index (χ0) is 24.3. The summed E-state index contributed by atoms with van der Waals surface area (Å²) in [5, 5.41) is 3.43. The van der Waals surface area contributed by atoms with E-state index in [9.17, 15) is 0 Å². The van der Waals surface area contributed by atoms with Gasteiger partial charge in [0.2, 0.25) is 6.79 Å². The second-order valence-corrected chi connectivity index (χ2v) is 8.50. The number of aromatic nitrogens is 2. The molecule has 0 bridgehead atoms. The Hall–Kier alpha value is -4.24. The number of nitrogens with one attached hydrogen (secondary N) is 1. The Morgan fingerprint density at radius 3 is 2.61 bits per heavy atom. The molecule has 0 unspecified atom stereocenters. The molecule has 2 aliphatic rings. The minimum atomic E-state index is 0.251. The minimum absolute atomic E-state index is 0.251. The lowest BCUT2D eigenvalue weighted by molar-refractivity contribution is 0.122. The summed E-state index contributed by atoms with van der Waals surface area (Å²) in [5.41, 5.74) is 4.45. The van der Waals surface area contributed by atoms with Crippen molar-refractivity contribution in [3.05, 3.63) is 66.4 Å². The van der Waals surface area contributed by atoms with E-state index in [0.29, 0.717) is 31.3 Å². The van der Waals surface area contributed by atoms with E-state index in [1.54, 1.807) is 7.11 Å². The summed E-state index contributed by atoms with van der Waals surface area (Å²) in [6.45, 7) is 3.69. The molecule has 0 amide bonds. The molecule has 36 heavy (non-hydrogen) atoms. The van der Waals surface area contributed by atoms with Gasteiger partial charge in [0, 0.05) is 30.5 Å². The third kappa shape index (κ3) is 4.65. The first-order valence-electron chi connectivity index (χ1n) is 11.8. The van der Waals surface area contributed by atoms with Crippen LogP contribution in [0.25, 0.3) is 11.0 Å². The third-order valence-electron chi connectivity index (χ3n) is 6.15. The van der Waals surface area contributed by atoms with Crippen LogP contribution in [0.5, 0.6) is 23.0 Å². The normalized spacial score (nSPS) is 14.6. The predicted octanol–water partition coefficient (Wildman–Crippen LogP) is 4.53. The molecule has 0 aliphatic carbocycles. The Morgan fingerprint density at radius 2 is 1.72 bits per heavy atom. The molecule has 9 heteroatoms. The predicted molar refractivity (Wildman–Crippen MR) is 136 cm³/mol. The summed E-state index contributed by atoms with van der Waals surface area (Å²) < 4.78 is 27.9. The van der Waals surface area contributed by atoms with Crippen LogP contribution in [0, 0.1) is 0 Å². The van der Waals surface area contributed by atoms with Crippen LogP contribution < -0.4 is 29.2 Å². The molecular weight excluding hydrogens is 460 g/mol. The van der Waals surface area contributed by atoms with Crippen LogP contribution in [0.3, 0.4) is 0 Å². The molecule has 9 nitrogen and oxygen atoms in total. The fourth-order valence-electron chi connectivity index (χ4n) is 4.25. The van der Waals surface area contributed by atoms with E-state index < -0.39 is 0 Å². The lowest BCUT2D eigenvalue weighted by Crippen LogP contribution is -2.36. The summed E-state index contributed by atoms with van der Waals surface area (Å²) in [5.74, 6) is 3.65. The molecule has 184 valence electrons. The fraction of sp³-hybridized carbons (Fsp3) is 0.259. The molecule has 0 spiro atoms. The molecule has 3 heterocycles. The van der Waals surface area contributed by atoms with Crippen molar-refractivity contribution in [3.63, 3.8) is 0 Å². The zero-order valence-corrected chi connectivity index (χ0v) is 19.9. The average molecular weight is 487 g/mol. The summed E-state index contributed by atoms with van der Waals surface area (Å²) in [7, 11) is 1.63. The second kappa shape index (κ2) is 9.79. The zero-order valence-electron chi connectivity index (χ0n) is 19.9. The Balaban J connectivity index is 1.17. The molecule has 6 rings (SSSR count). The molecule has 1 aromatic heterocycles. The summed E-state index contributed by atoms with van der Waals surface area (Å²) in [6, 6.07) is 17.5. The van der Waals surface area contributed by atoms with Crippen molar-refractivity contribution in [1.82, 2.24) is 9.97 Å². The number of hydrogen-bond donors (Lipinski definition) is 1. The summed E-state index contributed by atoms with van der Waals surface area (Å²) in [6.07, 6.45) is 1.83. The van der Waals surface area contributed by atoms with Crippen LogP contribution in [0.1, 0.15) is 5.56 Å². The van der Waals surface area contributed by atoms with Crippen LogP contribution in [0.4, 0.5) is 17.2 Å². The molecule has 1 saturated heterocycles. The number of nitrogens with zero attached hydrogens (tertiary/aromatic N) is 3. The first kappa shape index (κ1) is 22.2. The van der Waals surface area contributed by atoms with Crippen molar-refractivity contribution in [3.8, 4) is 23.0 Å². The molecule has 0 radical (unpaired) electrons. The first-order chi connectivity index (χ1) is 17.7. The topological polar surface area (TPSA) is 87.2 Å². The van der Waals surface area contributed by atoms with E-state index in [1.165, 1.54) is 0 Å². The van der Waals surface area contributed by atoms with Gasteiger partial charge in [0.15, 0.2) is 23.0 Å². The van der Waals surface area contributed by atoms with Gasteiger partial charge in [0.1, 0.15) is 12.4 Å². The van der Waals surface area contributed by atoms with Gasteiger partial charge in [-0.1, -0.05) is 6.07 Å². The number of hydrogen-bond acceptors (Lipinski definition) is 9. The highest BCUT2D eigenvalue weighted by Crippen LogP contribution is 2.35. The van der Waals surface area contributed by atoms with E-state index in [-0.39, 0.29) is 6.79 Å². The highest BCUT2D eigenvalue weighted by molar-refractivity contribution is 5.81. The van der Waals surface area contributed by atoms with Gasteiger partial charge < -0.3 is 33.9 Å². The van der Waals surface area contributed by atoms with Gasteiger partial charge in [0.05, 0.1) is 37.6 Å². The van der Waals surface area contributed by atoms with Crippen molar-refractivity contribution in [2.24, 2.45) is 0 Å². The Morgan fingerprint density at radius 1 is 0.889 bits per heavy atom. The van der Waals surface area contributed by atoms with Crippen molar-refractivity contribution in [2.45, 2.75) is 6.61 Å². The van der Waals surface area contributed by atoms with Gasteiger partial charge in [-0.2, -0.15) is 0 Å². The number of rotatable bonds is 7. The molecule has 3 aromatic carbocycles. The molecule has 0 atom stereocenters. The van der Waals surface area contributed by atoms with Crippen molar-refractivity contribution >= 4 is 28.2 Å². The van der Waals surface area contributed by atoms with Gasteiger partial charge in [0.25, 0.3) is 0 Å². The molecule has 1 N–H and O–H groups in total. The smallest absolute Gasteiger partial charge is 0.231 e. The molecular formula is C27H26N4O5. The van der Waals surface area contributed by atoms with Crippen LogP contribution in [0.2, 0.25) is 0 Å². The maximum absolute atomic E-state index is 6.03. The van der Waals surface area contributed by atoms with Gasteiger partial charge in [-0.15, -0.1) is 0 Å². The lowest BCUT2D eigenvalue weighted by Gasteiger charge is -2.27. The Kier molecular flexibility index (Phi) is 6.05. The Bertz CT molecular complexity index is 1390. The van der Waals surface area contributed by atoms with Crippen LogP contribution in [0.15, 0.2) is 60.8 Å². The molecule has 0 saturated carbocycles. The maximum Gasteiger partial charge on any atom is 0.231 e. The monoisotopic (exact) mass is 486 g/mol. The van der Waals surface area contributed by atoms with Gasteiger partial charge in [-0.05, 0) is 48.0 Å². The molecule has 1 fully saturated rings. The molecule has 4 aromatic rings. The fourth-order valence-corrected chi connectivity index (χ4v) is 4.25. The minimum Gasteiger partial charge on any atom is -0.493 e. The van der Waals surface area contributed by atoms with Crippen LogP contribution in [-0.2, 0) is 11.3 Å². The number of morpholine rings is 1. The SMILES string of the molecule is COc1cc(Nc2ccc3ncc(N4CCOCC4)nc3c2)ccc1OCc1ccc2c(c1)OCO2.